The summed E-state index contributed by atoms with van der Waals surface area (Å²) in [5.74, 6) is 1.74. The summed E-state index contributed by atoms with van der Waals surface area (Å²) in [5.41, 5.74) is 30.3. The summed E-state index contributed by atoms with van der Waals surface area (Å²) in [4.78, 5) is 40.1. The average molecular weight is 1620 g/mol. The van der Waals surface area contributed by atoms with Crippen LogP contribution in [0.25, 0.3) is 227 Å². The first-order valence-corrected chi connectivity index (χ1v) is 42.3. The molecule has 0 N–H and O–H groups in total. The Morgan fingerprint density at radius 2 is 0.631 bits per heavy atom. The van der Waals surface area contributed by atoms with Gasteiger partial charge in [0.05, 0.1) is 103 Å². The van der Waals surface area contributed by atoms with Crippen LogP contribution in [0.15, 0.2) is 364 Å². The van der Waals surface area contributed by atoms with E-state index in [0.29, 0.717) is 5.82 Å². The summed E-state index contributed by atoms with van der Waals surface area (Å²) in [6, 6.07) is 121. The molecular weight excluding hydrogens is 1560 g/mol. The molecule has 0 amide bonds. The van der Waals surface area contributed by atoms with Crippen LogP contribution < -0.4 is 0 Å². The second kappa shape index (κ2) is 31.4. The Bertz CT molecular complexity index is 8020. The van der Waals surface area contributed by atoms with Crippen LogP contribution in [0.4, 0.5) is 0 Å². The van der Waals surface area contributed by atoms with Crippen molar-refractivity contribution in [2.24, 2.45) is 0 Å². The lowest BCUT2D eigenvalue weighted by molar-refractivity contribution is 0.908. The molecule has 0 bridgehead atoms. The number of imidazole rings is 1. The fraction of sp³-hybridized carbons (Fsp3) is 0.0192. The van der Waals surface area contributed by atoms with E-state index < -0.39 is 0 Å². The molecule has 24 aromatic rings. The third kappa shape index (κ3) is 13.3. The van der Waals surface area contributed by atoms with Gasteiger partial charge in [0.25, 0.3) is 0 Å². The Labute approximate surface area is 711 Å². The second-order valence-corrected chi connectivity index (χ2v) is 31.2. The Hall–Kier alpha value is -15.6. The molecule has 0 aliphatic rings. The Morgan fingerprint density at radius 3 is 1.07 bits per heavy atom. The van der Waals surface area contributed by atoms with E-state index in [-0.39, 0.29) is 0 Å². The van der Waals surface area contributed by atoms with Gasteiger partial charge in [0.2, 0.25) is 0 Å². The molecule has 0 spiro atoms. The first kappa shape index (κ1) is 72.8. The highest BCUT2D eigenvalue weighted by Crippen LogP contribution is 2.46. The van der Waals surface area contributed by atoms with Crippen molar-refractivity contribution in [3.05, 3.63) is 370 Å². The molecule has 0 atom stereocenters. The van der Waals surface area contributed by atoms with Crippen LogP contribution in [-0.4, -0.2) is 70.7 Å². The second-order valence-electron chi connectivity index (χ2n) is 29.7. The minimum absolute atomic E-state index is 0.682. The normalized spacial score (nSPS) is 11.5. The van der Waals surface area contributed by atoms with Crippen molar-refractivity contribution >= 4 is 144 Å². The van der Waals surface area contributed by atoms with Gasteiger partial charge in [0.1, 0.15) is 38.9 Å². The highest BCUT2D eigenvalue weighted by atomic mass is 32.1. The first-order valence-electron chi connectivity index (χ1n) is 40.1. The largest absolute Gasteiger partial charge is 0.296 e. The number of benzene rings is 14. The van der Waals surface area contributed by atoms with Gasteiger partial charge < -0.3 is 0 Å². The highest BCUT2D eigenvalue weighted by Gasteiger charge is 2.25. The average Bonchev–Trinajstić information content (AvgIpc) is 1.30. The Balaban J connectivity index is 0.000000111. The predicted molar refractivity (Wildman–Crippen MR) is 500 cm³/mol. The maximum Gasteiger partial charge on any atom is 0.160 e. The van der Waals surface area contributed by atoms with E-state index in [4.69, 9.17) is 34.3 Å². The molecule has 0 unspecified atom stereocenters. The van der Waals surface area contributed by atoms with Crippen molar-refractivity contribution in [3.8, 4) is 118 Å². The summed E-state index contributed by atoms with van der Waals surface area (Å²) in [6.07, 6.45) is 4.54. The van der Waals surface area contributed by atoms with Gasteiger partial charge in [-0.3, -0.25) is 14.5 Å². The van der Waals surface area contributed by atoms with Crippen LogP contribution in [0, 0.1) is 0 Å². The zero-order valence-corrected chi connectivity index (χ0v) is 67.7. The van der Waals surface area contributed by atoms with Gasteiger partial charge in [-0.2, -0.15) is 26.2 Å². The number of rotatable bonds is 12. The lowest BCUT2D eigenvalue weighted by Crippen LogP contribution is -2.01. The Kier molecular flexibility index (Phi) is 18.7. The van der Waals surface area contributed by atoms with Crippen molar-refractivity contribution < 1.29 is 0 Å². The van der Waals surface area contributed by atoms with E-state index in [1.54, 1.807) is 6.20 Å². The molecule has 574 valence electrons. The molecule has 24 rings (SSSR count). The summed E-state index contributed by atoms with van der Waals surface area (Å²) in [7, 11) is 0. The van der Waals surface area contributed by atoms with E-state index in [9.17, 15) is 0 Å². The molecule has 15 nitrogen and oxygen atoms in total. The van der Waals surface area contributed by atoms with Gasteiger partial charge in [-0.25, -0.2) is 29.9 Å². The summed E-state index contributed by atoms with van der Waals surface area (Å²) >= 11 is 3.74. The fourth-order valence-corrected chi connectivity index (χ4v) is 18.3. The molecule has 0 radical (unpaired) electrons. The highest BCUT2D eigenvalue weighted by molar-refractivity contribution is 7.00. The molecule has 0 saturated carbocycles. The van der Waals surface area contributed by atoms with Crippen molar-refractivity contribution in [2.45, 2.75) is 13.3 Å². The minimum atomic E-state index is 0.682. The zero-order chi connectivity index (χ0) is 81.0. The first-order chi connectivity index (χ1) is 60.4. The van der Waals surface area contributed by atoms with E-state index >= 15 is 0 Å². The predicted octanol–water partition coefficient (Wildman–Crippen LogP) is 26.3. The topological polar surface area (TPSA) is 185 Å². The number of nitrogens with zero attached hydrogens (tertiary/aromatic N) is 15. The molecular formula is C104H65N15S3. The molecule has 122 heavy (non-hydrogen) atoms. The molecule has 0 aliphatic carbocycles. The number of fused-ring (bicyclic) bond motifs is 16. The van der Waals surface area contributed by atoms with Gasteiger partial charge in [0, 0.05) is 117 Å². The van der Waals surface area contributed by atoms with Gasteiger partial charge in [-0.05, 0) is 119 Å². The molecule has 10 heterocycles. The number of hydrogen-bond donors (Lipinski definition) is 0. The van der Waals surface area contributed by atoms with Gasteiger partial charge in [-0.1, -0.05) is 262 Å². The van der Waals surface area contributed by atoms with Gasteiger partial charge >= 0.3 is 0 Å². The quantitative estimate of drug-likeness (QED) is 0.105. The smallest absolute Gasteiger partial charge is 0.160 e. The minimum Gasteiger partial charge on any atom is -0.296 e. The van der Waals surface area contributed by atoms with Crippen molar-refractivity contribution in [1.29, 1.82) is 0 Å². The molecule has 14 aromatic carbocycles. The SMILES string of the molecule is CCc1nc2ccccc2n1-c1ccc(-c2ccc3c(c2)nc(-c2ccccc2)c2ccc4nsnc4c23)cc1.c1ccc(-c2nc(-c3ccccc3)c(-c3ccc4c(c3)nc(-c3ccccc3)c3ccc5nsnc5c34)c(-c3ccccc3)n2)cc1.c1ccc(-c2nc3cc(-c4ccc(-c5ccccn5)nc4)ccc3c3c2ccc2nsnc23)cc1. The monoisotopic (exact) mass is 1620 g/mol. The van der Waals surface area contributed by atoms with Crippen LogP contribution in [0.3, 0.4) is 0 Å². The van der Waals surface area contributed by atoms with Crippen LogP contribution >= 0.6 is 35.2 Å². The molecule has 0 saturated heterocycles. The molecule has 18 heteroatoms. The van der Waals surface area contributed by atoms with Crippen LogP contribution in [0.5, 0.6) is 0 Å². The Morgan fingerprint density at radius 1 is 0.254 bits per heavy atom. The zero-order valence-electron chi connectivity index (χ0n) is 65.3. The molecule has 0 fully saturated rings. The number of aromatic nitrogens is 15. The van der Waals surface area contributed by atoms with Crippen LogP contribution in [0.1, 0.15) is 12.7 Å². The van der Waals surface area contributed by atoms with E-state index in [1.165, 1.54) is 35.2 Å². The lowest BCUT2D eigenvalue weighted by Gasteiger charge is -2.18. The van der Waals surface area contributed by atoms with Gasteiger partial charge in [0.15, 0.2) is 5.82 Å². The summed E-state index contributed by atoms with van der Waals surface area (Å²) < 4.78 is 29.9. The fourth-order valence-electron chi connectivity index (χ4n) is 16.7. The van der Waals surface area contributed by atoms with E-state index in [2.05, 4.69) is 286 Å². The summed E-state index contributed by atoms with van der Waals surface area (Å²) in [6.45, 7) is 2.15. The van der Waals surface area contributed by atoms with Crippen molar-refractivity contribution in [2.75, 3.05) is 0 Å². The maximum atomic E-state index is 5.34. The van der Waals surface area contributed by atoms with Crippen LogP contribution in [-0.2, 0) is 6.42 Å². The maximum absolute atomic E-state index is 5.34. The van der Waals surface area contributed by atoms with Crippen LogP contribution in [0.2, 0.25) is 0 Å². The summed E-state index contributed by atoms with van der Waals surface area (Å²) in [5, 5.41) is 9.69. The third-order valence-corrected chi connectivity index (χ3v) is 24.1. The third-order valence-electron chi connectivity index (χ3n) is 22.4. The number of hydrogen-bond acceptors (Lipinski definition) is 17. The standard InChI is InChI=1S/C41H25N5S.C34H23N5S.C29H17N5S/c1-5-13-26(14-6-1)37-32-23-24-33-40(46-47-45-33)36(32)31-22-21-30(25-34(31)42-37)35-38(27-15-7-2-8-16-27)43-41(29-19-11-4-12-20-29)44-39(35)28-17-9-3-10-18-28;1-2-31-35-27-10-6-7-11-30(27)39(31)24-15-12-21(13-16-24)23-14-17-25-29(20-23)36-33(22-8-4-3-5-9-22)26-18-19-28-34(32(25)26)38-40-37-28;1-2-6-18(7-3-1)28-22-12-14-25-29(34-35-33-25)27(22)21-11-9-19(16-26(21)32-28)20-10-13-24(31-17-20)23-8-4-5-15-30-23/h1-25H;3-20H,2H2,1H3;1-17H. The molecule has 10 aromatic heterocycles. The van der Waals surface area contributed by atoms with Gasteiger partial charge in [-0.15, -0.1) is 0 Å². The number of aryl methyl sites for hydroxylation is 1. The number of pyridine rings is 5. The van der Waals surface area contributed by atoms with E-state index in [0.717, 1.165) is 234 Å². The molecule has 0 aliphatic heterocycles. The van der Waals surface area contributed by atoms with Crippen molar-refractivity contribution in [1.82, 2.24) is 70.7 Å². The van der Waals surface area contributed by atoms with E-state index in [1.807, 2.05) is 115 Å². The number of para-hydroxylation sites is 2. The lowest BCUT2D eigenvalue weighted by atomic mass is 9.92. The van der Waals surface area contributed by atoms with Crippen molar-refractivity contribution in [3.63, 3.8) is 0 Å².